The average molecular weight is 441 g/mol. The molecule has 0 spiro atoms. The van der Waals surface area contributed by atoms with Crippen LogP contribution in [-0.4, -0.2) is 33.7 Å². The van der Waals surface area contributed by atoms with E-state index in [-0.39, 0.29) is 17.9 Å². The summed E-state index contributed by atoms with van der Waals surface area (Å²) in [5, 5.41) is 4.07. The molecule has 1 fully saturated rings. The fourth-order valence-electron chi connectivity index (χ4n) is 3.36. The summed E-state index contributed by atoms with van der Waals surface area (Å²) in [6.07, 6.45) is -3.22. The van der Waals surface area contributed by atoms with Crippen LogP contribution in [0, 0.1) is 11.6 Å². The lowest BCUT2D eigenvalue weighted by Crippen LogP contribution is -2.33. The molecular weight excluding hydrogens is 425 g/mol. The third kappa shape index (κ3) is 4.05. The molecule has 0 saturated carbocycles. The lowest BCUT2D eigenvalue weighted by molar-refractivity contribution is -0.153. The topological polar surface area (TPSA) is 61.6 Å². The lowest BCUT2D eigenvalue weighted by Gasteiger charge is -2.20. The van der Waals surface area contributed by atoms with Gasteiger partial charge in [0.2, 0.25) is 0 Å². The third-order valence-corrected chi connectivity index (χ3v) is 5.10. The molecule has 2 aromatic carbocycles. The zero-order chi connectivity index (χ0) is 22.4. The van der Waals surface area contributed by atoms with E-state index < -0.39 is 41.8 Å². The molecule has 1 aliphatic rings. The van der Waals surface area contributed by atoms with Gasteiger partial charge in [0.05, 0.1) is 18.3 Å². The number of hydrogen-bond acceptors (Lipinski definition) is 4. The van der Waals surface area contributed by atoms with E-state index in [9.17, 15) is 26.7 Å². The van der Waals surface area contributed by atoms with E-state index in [2.05, 4.69) is 9.84 Å². The summed E-state index contributed by atoms with van der Waals surface area (Å²) >= 11 is 0. The van der Waals surface area contributed by atoms with Crippen LogP contribution in [0.3, 0.4) is 0 Å². The van der Waals surface area contributed by atoms with Crippen molar-refractivity contribution < 1.29 is 31.4 Å². The molecule has 0 radical (unpaired) electrons. The Morgan fingerprint density at radius 3 is 2.45 bits per heavy atom. The first-order valence-corrected chi connectivity index (χ1v) is 9.16. The van der Waals surface area contributed by atoms with Gasteiger partial charge in [0.25, 0.3) is 0 Å². The van der Waals surface area contributed by atoms with Gasteiger partial charge in [-0.15, -0.1) is 0 Å². The molecule has 1 aromatic heterocycles. The van der Waals surface area contributed by atoms with Crippen LogP contribution in [0.15, 0.2) is 53.6 Å². The second kappa shape index (κ2) is 7.49. The van der Waals surface area contributed by atoms with E-state index in [4.69, 9.17) is 4.74 Å². The Balaban J connectivity index is 1.58. The van der Waals surface area contributed by atoms with Crippen LogP contribution < -0.4 is 10.4 Å². The van der Waals surface area contributed by atoms with Crippen molar-refractivity contribution in [2.24, 2.45) is 0 Å². The summed E-state index contributed by atoms with van der Waals surface area (Å²) in [4.78, 5) is 12.9. The van der Waals surface area contributed by atoms with Gasteiger partial charge in [0.1, 0.15) is 29.3 Å². The van der Waals surface area contributed by atoms with E-state index >= 15 is 0 Å². The van der Waals surface area contributed by atoms with E-state index in [1.54, 1.807) is 6.92 Å². The highest BCUT2D eigenvalue weighted by atomic mass is 19.4. The van der Waals surface area contributed by atoms with Gasteiger partial charge in [-0.05, 0) is 37.3 Å². The Morgan fingerprint density at radius 1 is 1.19 bits per heavy atom. The summed E-state index contributed by atoms with van der Waals surface area (Å²) in [6.45, 7) is 0.327. The zero-order valence-corrected chi connectivity index (χ0v) is 16.1. The standard InChI is InChI=1S/C20H16F5N3O3/c1-12(19(9-31-19)16-7-2-13(21)8-17(16)22)28-18(29)27(11-26-28)14-3-5-15(6-4-14)30-10-20(23,24)25/h2-8,11-12H,9-10H2,1H3/t12-,19-/m1/s1. The normalized spacial score (nSPS) is 19.3. The van der Waals surface area contributed by atoms with E-state index in [1.165, 1.54) is 41.2 Å². The molecule has 0 aliphatic carbocycles. The van der Waals surface area contributed by atoms with Crippen molar-refractivity contribution in [3.63, 3.8) is 0 Å². The zero-order valence-electron chi connectivity index (χ0n) is 16.1. The van der Waals surface area contributed by atoms with Gasteiger partial charge in [0.15, 0.2) is 6.61 Å². The Hall–Kier alpha value is -3.21. The molecule has 11 heteroatoms. The molecule has 0 bridgehead atoms. The SMILES string of the molecule is C[C@@H](n1ncn(-c2ccc(OCC(F)(F)F)cc2)c1=O)[C@@]1(c2ccc(F)cc2F)CO1. The Morgan fingerprint density at radius 2 is 1.87 bits per heavy atom. The molecule has 6 nitrogen and oxygen atoms in total. The quantitative estimate of drug-likeness (QED) is 0.432. The predicted octanol–water partition coefficient (Wildman–Crippen LogP) is 3.74. The summed E-state index contributed by atoms with van der Waals surface area (Å²) in [6, 6.07) is 7.83. The lowest BCUT2D eigenvalue weighted by atomic mass is 9.92. The van der Waals surface area contributed by atoms with Crippen molar-refractivity contribution >= 4 is 0 Å². The third-order valence-electron chi connectivity index (χ3n) is 5.10. The molecule has 2 atom stereocenters. The second-order valence-corrected chi connectivity index (χ2v) is 7.10. The van der Waals surface area contributed by atoms with E-state index in [0.29, 0.717) is 5.69 Å². The van der Waals surface area contributed by atoms with Gasteiger partial charge < -0.3 is 9.47 Å². The predicted molar refractivity (Wildman–Crippen MR) is 98.1 cm³/mol. The second-order valence-electron chi connectivity index (χ2n) is 7.10. The van der Waals surface area contributed by atoms with E-state index in [1.807, 2.05) is 0 Å². The molecule has 31 heavy (non-hydrogen) atoms. The first-order chi connectivity index (χ1) is 14.6. The number of ether oxygens (including phenoxy) is 2. The van der Waals surface area contributed by atoms with Gasteiger partial charge in [-0.3, -0.25) is 0 Å². The van der Waals surface area contributed by atoms with Crippen LogP contribution >= 0.6 is 0 Å². The van der Waals surface area contributed by atoms with Crippen LogP contribution in [0.1, 0.15) is 18.5 Å². The minimum Gasteiger partial charge on any atom is -0.484 e. The van der Waals surface area contributed by atoms with Gasteiger partial charge in [-0.2, -0.15) is 18.3 Å². The highest BCUT2D eigenvalue weighted by molar-refractivity contribution is 5.37. The summed E-state index contributed by atoms with van der Waals surface area (Å²) in [5.74, 6) is -1.52. The number of benzene rings is 2. The van der Waals surface area contributed by atoms with Crippen molar-refractivity contribution in [2.45, 2.75) is 24.7 Å². The molecular formula is C20H16F5N3O3. The molecule has 1 aliphatic heterocycles. The molecule has 4 rings (SSSR count). The average Bonchev–Trinajstić information content (AvgIpc) is 3.42. The summed E-state index contributed by atoms with van der Waals surface area (Å²) in [7, 11) is 0. The number of hydrogen-bond donors (Lipinski definition) is 0. The molecule has 0 amide bonds. The molecule has 2 heterocycles. The Labute approximate surface area is 172 Å². The fourth-order valence-corrected chi connectivity index (χ4v) is 3.36. The summed E-state index contributed by atoms with van der Waals surface area (Å²) < 4.78 is 76.7. The van der Waals surface area contributed by atoms with Crippen LogP contribution in [0.25, 0.3) is 5.69 Å². The number of epoxide rings is 1. The summed E-state index contributed by atoms with van der Waals surface area (Å²) in [5.41, 5.74) is -1.25. The van der Waals surface area contributed by atoms with Crippen LogP contribution in [0.4, 0.5) is 22.0 Å². The number of alkyl halides is 3. The highest BCUT2D eigenvalue weighted by Gasteiger charge is 2.54. The van der Waals surface area contributed by atoms with E-state index in [0.717, 1.165) is 16.8 Å². The Kier molecular flexibility index (Phi) is 5.08. The largest absolute Gasteiger partial charge is 0.484 e. The first kappa shape index (κ1) is 21.0. The number of aromatic nitrogens is 3. The smallest absolute Gasteiger partial charge is 0.422 e. The molecule has 1 saturated heterocycles. The van der Waals surface area contributed by atoms with Crippen molar-refractivity contribution in [2.75, 3.05) is 13.2 Å². The number of nitrogens with zero attached hydrogens (tertiary/aromatic N) is 3. The molecule has 164 valence electrons. The molecule has 0 N–H and O–H groups in total. The molecule has 0 unspecified atom stereocenters. The maximum Gasteiger partial charge on any atom is 0.422 e. The van der Waals surface area contributed by atoms with Crippen molar-refractivity contribution in [1.29, 1.82) is 0 Å². The van der Waals surface area contributed by atoms with Crippen LogP contribution in [0.2, 0.25) is 0 Å². The highest BCUT2D eigenvalue weighted by Crippen LogP contribution is 2.48. The monoisotopic (exact) mass is 441 g/mol. The van der Waals surface area contributed by atoms with Gasteiger partial charge in [0, 0.05) is 11.6 Å². The van der Waals surface area contributed by atoms with Crippen LogP contribution in [0.5, 0.6) is 5.75 Å². The first-order valence-electron chi connectivity index (χ1n) is 9.16. The maximum absolute atomic E-state index is 14.3. The van der Waals surface area contributed by atoms with Crippen molar-refractivity contribution in [3.8, 4) is 11.4 Å². The Bertz CT molecular complexity index is 1150. The van der Waals surface area contributed by atoms with Crippen molar-refractivity contribution in [1.82, 2.24) is 14.3 Å². The molecule has 3 aromatic rings. The number of rotatable bonds is 6. The number of halogens is 5. The van der Waals surface area contributed by atoms with Gasteiger partial charge >= 0.3 is 11.9 Å². The minimum atomic E-state index is -4.46. The van der Waals surface area contributed by atoms with Gasteiger partial charge in [-0.25, -0.2) is 22.8 Å². The minimum absolute atomic E-state index is 0.00741. The van der Waals surface area contributed by atoms with Gasteiger partial charge in [-0.1, -0.05) is 6.07 Å². The van der Waals surface area contributed by atoms with Crippen LogP contribution in [-0.2, 0) is 10.3 Å². The van der Waals surface area contributed by atoms with Crippen molar-refractivity contribution in [3.05, 3.63) is 76.5 Å². The fraction of sp³-hybridized carbons (Fsp3) is 0.300. The maximum atomic E-state index is 14.3.